The van der Waals surface area contributed by atoms with Crippen molar-refractivity contribution < 1.29 is 59.9 Å². The fourth-order valence-corrected chi connectivity index (χ4v) is 0. The first-order chi connectivity index (χ1) is 0. The second kappa shape index (κ2) is 140. The summed E-state index contributed by atoms with van der Waals surface area (Å²) in [6.07, 6.45) is 0. The van der Waals surface area contributed by atoms with Crippen molar-refractivity contribution in [1.29, 1.82) is 0 Å². The van der Waals surface area contributed by atoms with Crippen LogP contribution in [0.5, 0.6) is 0 Å². The van der Waals surface area contributed by atoms with E-state index in [1.165, 1.54) is 0 Å². The van der Waals surface area contributed by atoms with E-state index in [0.717, 1.165) is 0 Å². The quantitative estimate of drug-likeness (QED) is 0.486. The van der Waals surface area contributed by atoms with Gasteiger partial charge in [-0.05, 0) is 0 Å². The summed E-state index contributed by atoms with van der Waals surface area (Å²) >= 11 is 0. The number of rotatable bonds is 0. The van der Waals surface area contributed by atoms with Crippen LogP contribution < -0.4 is 0 Å². The van der Waals surface area contributed by atoms with E-state index in [4.69, 9.17) is 0 Å². The molecule has 0 rings (SSSR count). The fourth-order valence-electron chi connectivity index (χ4n) is 0. The van der Waals surface area contributed by atoms with Crippen LogP contribution in [0, 0.1) is 0 Å². The molecule has 0 unspecified atom stereocenters. The Kier molecular flexibility index (Phi) is 5490. The molecule has 0 aromatic rings. The molecule has 0 atom stereocenters. The first kappa shape index (κ1) is 235. The van der Waals surface area contributed by atoms with Crippen molar-refractivity contribution in [3.8, 4) is 0 Å². The van der Waals surface area contributed by atoms with Crippen molar-refractivity contribution in [1.82, 2.24) is 0 Å². The van der Waals surface area contributed by atoms with Crippen LogP contribution in [-0.2, 0) is 59.9 Å². The number of hydrogen-bond acceptors (Lipinski definition) is 0. The van der Waals surface area contributed by atoms with Gasteiger partial charge in [-0.1, -0.05) is 0 Å². The molecule has 42 valence electrons. The second-order valence-corrected chi connectivity index (χ2v) is 0. The predicted molar refractivity (Wildman–Crippen MR) is 2.75 cm³/mol. The molecule has 0 aliphatic rings. The molecule has 0 fully saturated rings. The van der Waals surface area contributed by atoms with Gasteiger partial charge in [0.1, 0.15) is 0 Å². The van der Waals surface area contributed by atoms with Gasteiger partial charge in [0.2, 0.25) is 0 Å². The fraction of sp³-hybridized carbons (Fsp3) is 0. The Morgan fingerprint density at radius 2 is 0.500 bits per heavy atom. The molecule has 6 heteroatoms. The zero-order valence-corrected chi connectivity index (χ0v) is 5.57. The van der Waals surface area contributed by atoms with Gasteiger partial charge in [-0.15, -0.1) is 0 Å². The van der Waals surface area contributed by atoms with Gasteiger partial charge in [-0.3, -0.25) is 0 Å². The Bertz CT molecular complexity index is 7.51. The average Bonchev–Trinajstić information content (AvgIpc) is 0. The average molecular weight is 216 g/mol. The van der Waals surface area contributed by atoms with Gasteiger partial charge in [-0.25, -0.2) is 0 Å². The van der Waals surface area contributed by atoms with Crippen LogP contribution in [-0.4, -0.2) is 0 Å². The molecular weight excluding hydrogens is 216 g/mol. The third-order valence-electron chi connectivity index (χ3n) is 0. The molecule has 0 heterocycles. The molecule has 0 N–H and O–H groups in total. The van der Waals surface area contributed by atoms with Gasteiger partial charge in [0.05, 0.1) is 0 Å². The van der Waals surface area contributed by atoms with E-state index in [9.17, 15) is 0 Å². The largest absolute Gasteiger partial charge is 3.00 e. The summed E-state index contributed by atoms with van der Waals surface area (Å²) in [4.78, 5) is 0. The molecule has 4 nitrogen and oxygen atoms in total. The third-order valence-corrected chi connectivity index (χ3v) is 0. The summed E-state index contributed by atoms with van der Waals surface area (Å²) in [6.45, 7) is 0. The van der Waals surface area contributed by atoms with E-state index in [2.05, 4.69) is 0 Å². The van der Waals surface area contributed by atoms with Gasteiger partial charge in [0.25, 0.3) is 0 Å². The van der Waals surface area contributed by atoms with Crippen molar-refractivity contribution in [3.05, 3.63) is 0 Å². The number of hydrogen-bond donors (Lipinski definition) is 0. The zero-order chi connectivity index (χ0) is 0. The molecule has 0 amide bonds. The summed E-state index contributed by atoms with van der Waals surface area (Å²) < 4.78 is 0. The Morgan fingerprint density at radius 3 is 0.500 bits per heavy atom. The normalized spacial score (nSPS) is 0. The maximum absolute atomic E-state index is 0. The molecule has 2 radical (unpaired) electrons. The van der Waals surface area contributed by atoms with Gasteiger partial charge in [0, 0.05) is 18.6 Å². The van der Waals surface area contributed by atoms with Crippen LogP contribution in [0.1, 0.15) is 0 Å². The topological polar surface area (TPSA) is 114 Å². The Hall–Kier alpha value is 1.05. The van der Waals surface area contributed by atoms with Gasteiger partial charge < -0.3 is 21.9 Å². The van der Waals surface area contributed by atoms with Crippen molar-refractivity contribution in [2.75, 3.05) is 0 Å². The minimum Gasteiger partial charge on any atom is -2.00 e. The molecule has 0 saturated heterocycles. The summed E-state index contributed by atoms with van der Waals surface area (Å²) in [5.41, 5.74) is 0. The van der Waals surface area contributed by atoms with Crippen LogP contribution in [0.4, 0.5) is 0 Å². The Balaban J connectivity index is 0. The first-order valence-electron chi connectivity index (χ1n) is 0. The summed E-state index contributed by atoms with van der Waals surface area (Å²) in [7, 11) is 0. The maximum atomic E-state index is 0. The maximum Gasteiger partial charge on any atom is 3.00 e. The van der Waals surface area contributed by atoms with Gasteiger partial charge >= 0.3 is 19.5 Å². The molecule has 0 aliphatic carbocycles. The van der Waals surface area contributed by atoms with Crippen molar-refractivity contribution in [2.45, 2.75) is 0 Å². The smallest absolute Gasteiger partial charge is 2.00 e. The molecule has 0 saturated carbocycles. The predicted octanol–water partition coefficient (Wildman–Crippen LogP) is -0.480. The Labute approximate surface area is 60.2 Å². The van der Waals surface area contributed by atoms with Crippen molar-refractivity contribution >= 4 is 0 Å². The summed E-state index contributed by atoms with van der Waals surface area (Å²) in [5, 5.41) is 0. The molecule has 0 aliphatic heterocycles. The molecule has 0 aromatic carbocycles. The summed E-state index contributed by atoms with van der Waals surface area (Å²) in [6, 6.07) is 0. The van der Waals surface area contributed by atoms with Crippen LogP contribution >= 0.6 is 0 Å². The summed E-state index contributed by atoms with van der Waals surface area (Å²) in [5.74, 6) is 0. The van der Waals surface area contributed by atoms with Crippen LogP contribution in [0.3, 0.4) is 0 Å². The second-order valence-electron chi connectivity index (χ2n) is 0. The molecule has 0 bridgehead atoms. The van der Waals surface area contributed by atoms with Crippen LogP contribution in [0.15, 0.2) is 0 Å². The molecular formula is O4RuV-5. The van der Waals surface area contributed by atoms with Crippen molar-refractivity contribution in [2.24, 2.45) is 0 Å². The monoisotopic (exact) mass is 217 g/mol. The standard InChI is InChI=1S/4O.Ru.V/q4*-2;+3;. The van der Waals surface area contributed by atoms with Crippen LogP contribution in [0.2, 0.25) is 0 Å². The molecule has 0 spiro atoms. The van der Waals surface area contributed by atoms with Gasteiger partial charge in [0.15, 0.2) is 0 Å². The SMILES string of the molecule is [O-2].[O-2].[O-2].[O-2].[Ru+3].[V]. The van der Waals surface area contributed by atoms with Crippen LogP contribution in [0.25, 0.3) is 0 Å². The first-order valence-corrected chi connectivity index (χ1v) is 0. The van der Waals surface area contributed by atoms with Gasteiger partial charge in [-0.2, -0.15) is 0 Å². The van der Waals surface area contributed by atoms with E-state index < -0.39 is 0 Å². The molecule has 6 heavy (non-hydrogen) atoms. The van der Waals surface area contributed by atoms with E-state index >= 15 is 0 Å². The minimum absolute atomic E-state index is 0. The Morgan fingerprint density at radius 1 is 0.500 bits per heavy atom. The minimum atomic E-state index is 0. The zero-order valence-electron chi connectivity index (χ0n) is 2.43. The van der Waals surface area contributed by atoms with Crippen molar-refractivity contribution in [3.63, 3.8) is 0 Å². The third kappa shape index (κ3) is 75.3. The van der Waals surface area contributed by atoms with E-state index in [1.54, 1.807) is 0 Å². The van der Waals surface area contributed by atoms with E-state index in [-0.39, 0.29) is 59.9 Å². The molecule has 0 aromatic heterocycles. The van der Waals surface area contributed by atoms with E-state index in [1.807, 2.05) is 0 Å². The van der Waals surface area contributed by atoms with E-state index in [0.29, 0.717) is 0 Å².